The Hall–Kier alpha value is -1.61. The van der Waals surface area contributed by atoms with Gasteiger partial charge in [0.25, 0.3) is 5.91 Å². The molecule has 0 saturated carbocycles. The quantitative estimate of drug-likeness (QED) is 0.496. The van der Waals surface area contributed by atoms with E-state index in [0.717, 1.165) is 5.57 Å². The average Bonchev–Trinajstić information content (AvgIpc) is 2.26. The van der Waals surface area contributed by atoms with Gasteiger partial charge in [-0.05, 0) is 31.2 Å². The fraction of sp³-hybridized carbons (Fsp3) is 0.167. The number of nitrogens with one attached hydrogen (secondary N) is 1. The zero-order valence-corrected chi connectivity index (χ0v) is 9.67. The first-order valence-electron chi connectivity index (χ1n) is 4.73. The molecule has 0 radical (unpaired) electrons. The topological polar surface area (TPSA) is 46.2 Å². The summed E-state index contributed by atoms with van der Waals surface area (Å²) in [5, 5.41) is 3.00. The number of hydrogen-bond donors (Lipinski definition) is 1. The molecule has 84 valence electrons. The van der Waals surface area contributed by atoms with Crippen molar-refractivity contribution in [2.75, 3.05) is 6.54 Å². The van der Waals surface area contributed by atoms with Crippen LogP contribution in [0.4, 0.5) is 0 Å². The van der Waals surface area contributed by atoms with Gasteiger partial charge in [0.05, 0.1) is 0 Å². The van der Waals surface area contributed by atoms with Crippen LogP contribution in [0.25, 0.3) is 0 Å². The van der Waals surface area contributed by atoms with E-state index in [1.165, 1.54) is 12.1 Å². The first-order chi connectivity index (χ1) is 7.50. The molecule has 1 amide bonds. The number of hydrogen-bond acceptors (Lipinski definition) is 2. The molecule has 0 heterocycles. The van der Waals surface area contributed by atoms with Gasteiger partial charge in [-0.2, -0.15) is 0 Å². The van der Waals surface area contributed by atoms with Crippen LogP contribution in [0.3, 0.4) is 0 Å². The van der Waals surface area contributed by atoms with E-state index in [1.807, 2.05) is 0 Å². The molecule has 4 heteroatoms. The van der Waals surface area contributed by atoms with E-state index in [9.17, 15) is 9.59 Å². The molecule has 0 aliphatic carbocycles. The Kier molecular flexibility index (Phi) is 4.26. The van der Waals surface area contributed by atoms with Gasteiger partial charge >= 0.3 is 0 Å². The average molecular weight is 238 g/mol. The van der Waals surface area contributed by atoms with Crippen molar-refractivity contribution < 1.29 is 9.59 Å². The Morgan fingerprint density at radius 1 is 1.31 bits per heavy atom. The number of carbonyl (C=O) groups excluding carboxylic acids is 2. The van der Waals surface area contributed by atoms with Gasteiger partial charge in [-0.25, -0.2) is 0 Å². The minimum Gasteiger partial charge on any atom is -0.345 e. The first kappa shape index (κ1) is 12.5. The molecule has 16 heavy (non-hydrogen) atoms. The van der Waals surface area contributed by atoms with Crippen LogP contribution in [0.1, 0.15) is 17.3 Å². The van der Waals surface area contributed by atoms with E-state index >= 15 is 0 Å². The van der Waals surface area contributed by atoms with Crippen molar-refractivity contribution in [3.63, 3.8) is 0 Å². The number of Topliss-reactive ketones (excluding diaryl/α,β-unsaturated/α-hetero) is 1. The van der Waals surface area contributed by atoms with Crippen LogP contribution in [0.2, 0.25) is 5.02 Å². The molecular weight excluding hydrogens is 226 g/mol. The summed E-state index contributed by atoms with van der Waals surface area (Å²) in [6.07, 6.45) is 0. The zero-order valence-electron chi connectivity index (χ0n) is 8.92. The molecule has 0 saturated heterocycles. The number of benzene rings is 1. The highest BCUT2D eigenvalue weighted by Gasteiger charge is 2.14. The fourth-order valence-corrected chi connectivity index (χ4v) is 1.17. The largest absolute Gasteiger partial charge is 0.345 e. The smallest absolute Gasteiger partial charge is 0.292 e. The lowest BCUT2D eigenvalue weighted by atomic mass is 10.1. The highest BCUT2D eigenvalue weighted by molar-refractivity contribution is 6.43. The summed E-state index contributed by atoms with van der Waals surface area (Å²) >= 11 is 5.68. The SMILES string of the molecule is C=C(C)CNC(=O)C(=O)c1ccc(Cl)cc1. The van der Waals surface area contributed by atoms with Gasteiger partial charge in [-0.1, -0.05) is 23.8 Å². The van der Waals surface area contributed by atoms with Crippen molar-refractivity contribution >= 4 is 23.3 Å². The van der Waals surface area contributed by atoms with Crippen LogP contribution in [0.15, 0.2) is 36.4 Å². The molecule has 0 aliphatic heterocycles. The molecule has 0 spiro atoms. The van der Waals surface area contributed by atoms with Gasteiger partial charge in [0.2, 0.25) is 5.78 Å². The molecule has 0 aliphatic rings. The predicted octanol–water partition coefficient (Wildman–Crippen LogP) is 2.21. The van der Waals surface area contributed by atoms with Crippen LogP contribution < -0.4 is 5.32 Å². The standard InChI is InChI=1S/C12H12ClNO2/c1-8(2)7-14-12(16)11(15)9-3-5-10(13)6-4-9/h3-6H,1,7H2,2H3,(H,14,16). The molecule has 1 N–H and O–H groups in total. The van der Waals surface area contributed by atoms with Crippen molar-refractivity contribution in [1.29, 1.82) is 0 Å². The third-order valence-electron chi connectivity index (χ3n) is 1.86. The third-order valence-corrected chi connectivity index (χ3v) is 2.12. The van der Waals surface area contributed by atoms with E-state index in [-0.39, 0.29) is 0 Å². The Morgan fingerprint density at radius 2 is 1.88 bits per heavy atom. The summed E-state index contributed by atoms with van der Waals surface area (Å²) in [4.78, 5) is 23.0. The lowest BCUT2D eigenvalue weighted by Crippen LogP contribution is -2.32. The van der Waals surface area contributed by atoms with E-state index in [0.29, 0.717) is 17.1 Å². The van der Waals surface area contributed by atoms with Crippen molar-refractivity contribution in [2.24, 2.45) is 0 Å². The van der Waals surface area contributed by atoms with Crippen molar-refractivity contribution in [1.82, 2.24) is 5.32 Å². The van der Waals surface area contributed by atoms with Crippen LogP contribution in [0.5, 0.6) is 0 Å². The minimum atomic E-state index is -0.634. The highest BCUT2D eigenvalue weighted by Crippen LogP contribution is 2.09. The van der Waals surface area contributed by atoms with Gasteiger partial charge in [0, 0.05) is 17.1 Å². The highest BCUT2D eigenvalue weighted by atomic mass is 35.5. The molecule has 0 unspecified atom stereocenters. The third kappa shape index (κ3) is 3.51. The maximum absolute atomic E-state index is 11.6. The molecule has 0 aromatic heterocycles. The maximum Gasteiger partial charge on any atom is 0.292 e. The molecule has 3 nitrogen and oxygen atoms in total. The molecule has 1 aromatic rings. The molecule has 0 atom stereocenters. The molecular formula is C12H12ClNO2. The first-order valence-corrected chi connectivity index (χ1v) is 5.11. The second kappa shape index (κ2) is 5.47. The second-order valence-corrected chi connectivity index (χ2v) is 3.91. The number of amides is 1. The Bertz CT molecular complexity index is 423. The van der Waals surface area contributed by atoms with Crippen LogP contribution in [-0.2, 0) is 4.79 Å². The summed E-state index contributed by atoms with van der Waals surface area (Å²) in [5.74, 6) is -1.21. The summed E-state index contributed by atoms with van der Waals surface area (Å²) < 4.78 is 0. The second-order valence-electron chi connectivity index (χ2n) is 3.48. The molecule has 1 aromatic carbocycles. The normalized spacial score (nSPS) is 9.62. The van der Waals surface area contributed by atoms with Crippen LogP contribution >= 0.6 is 11.6 Å². The Balaban J connectivity index is 2.67. The van der Waals surface area contributed by atoms with E-state index in [2.05, 4.69) is 11.9 Å². The Morgan fingerprint density at radius 3 is 2.38 bits per heavy atom. The number of carbonyl (C=O) groups is 2. The van der Waals surface area contributed by atoms with E-state index < -0.39 is 11.7 Å². The van der Waals surface area contributed by atoms with E-state index in [4.69, 9.17) is 11.6 Å². The van der Waals surface area contributed by atoms with Crippen molar-refractivity contribution in [3.8, 4) is 0 Å². The zero-order chi connectivity index (χ0) is 12.1. The van der Waals surface area contributed by atoms with Gasteiger partial charge in [0.1, 0.15) is 0 Å². The summed E-state index contributed by atoms with van der Waals surface area (Å²) in [7, 11) is 0. The maximum atomic E-state index is 11.6. The van der Waals surface area contributed by atoms with Crippen LogP contribution in [0, 0.1) is 0 Å². The summed E-state index contributed by atoms with van der Waals surface area (Å²) in [6.45, 7) is 5.70. The van der Waals surface area contributed by atoms with Gasteiger partial charge in [-0.3, -0.25) is 9.59 Å². The minimum absolute atomic E-state index is 0.304. The molecule has 0 bridgehead atoms. The number of rotatable bonds is 4. The predicted molar refractivity (Wildman–Crippen MR) is 63.6 cm³/mol. The van der Waals surface area contributed by atoms with Crippen LogP contribution in [-0.4, -0.2) is 18.2 Å². The number of halogens is 1. The van der Waals surface area contributed by atoms with Gasteiger partial charge in [0.15, 0.2) is 0 Å². The monoisotopic (exact) mass is 237 g/mol. The lowest BCUT2D eigenvalue weighted by molar-refractivity contribution is -0.116. The van der Waals surface area contributed by atoms with Gasteiger partial charge < -0.3 is 5.32 Å². The molecule has 1 rings (SSSR count). The van der Waals surface area contributed by atoms with Crippen molar-refractivity contribution in [3.05, 3.63) is 47.0 Å². The van der Waals surface area contributed by atoms with E-state index in [1.54, 1.807) is 19.1 Å². The summed E-state index contributed by atoms with van der Waals surface area (Å²) in [5.41, 5.74) is 1.11. The van der Waals surface area contributed by atoms with Crippen molar-refractivity contribution in [2.45, 2.75) is 6.92 Å². The lowest BCUT2D eigenvalue weighted by Gasteiger charge is -2.03. The Labute approximate surface area is 99.1 Å². The van der Waals surface area contributed by atoms with Gasteiger partial charge in [-0.15, -0.1) is 0 Å². The summed E-state index contributed by atoms with van der Waals surface area (Å²) in [6, 6.07) is 6.18. The number of ketones is 1. The fourth-order valence-electron chi connectivity index (χ4n) is 1.04. The molecule has 0 fully saturated rings.